The molecule has 1 unspecified atom stereocenters. The second-order valence-electron chi connectivity index (χ2n) is 8.88. The molecular formula is C23H29FN4O3S. The van der Waals surface area contributed by atoms with E-state index >= 15 is 0 Å². The van der Waals surface area contributed by atoms with Crippen molar-refractivity contribution in [1.29, 1.82) is 0 Å². The molecule has 2 amide bonds. The number of amides is 2. The lowest BCUT2D eigenvalue weighted by atomic mass is 9.76. The zero-order valence-corrected chi connectivity index (χ0v) is 18.7. The highest BCUT2D eigenvalue weighted by Crippen LogP contribution is 2.35. The highest BCUT2D eigenvalue weighted by Gasteiger charge is 2.42. The third-order valence-corrected chi connectivity index (χ3v) is 7.41. The van der Waals surface area contributed by atoms with Gasteiger partial charge in [-0.15, -0.1) is 0 Å². The normalized spacial score (nSPS) is 20.5. The number of carbonyl (C=O) groups is 1. The van der Waals surface area contributed by atoms with Crippen molar-refractivity contribution in [2.24, 2.45) is 5.14 Å². The van der Waals surface area contributed by atoms with Gasteiger partial charge in [0.25, 0.3) is 0 Å². The summed E-state index contributed by atoms with van der Waals surface area (Å²) in [5.41, 5.74) is 1.19. The summed E-state index contributed by atoms with van der Waals surface area (Å²) in [6.45, 7) is 1.75. The summed E-state index contributed by atoms with van der Waals surface area (Å²) in [5.74, 6) is -0.227. The first-order valence-corrected chi connectivity index (χ1v) is 12.5. The number of nitrogens with one attached hydrogen (secondary N) is 2. The summed E-state index contributed by atoms with van der Waals surface area (Å²) in [5, 5.41) is 11.0. The van der Waals surface area contributed by atoms with E-state index in [1.165, 1.54) is 24.3 Å². The van der Waals surface area contributed by atoms with Gasteiger partial charge in [-0.1, -0.05) is 18.2 Å². The number of sulfonamides is 1. The standard InChI is InChI=1S/C23H29FN4O3S/c24-18-9-7-17(8-10-18)14-20-5-2-13-28(20)16-23(11-3-12-23)27-22(29)26-19-4-1-6-21(15-19)32(25,30)31/h1,4,6-10,15,20H,2-3,5,11-14,16H2,(H2,25,30,31)(H2,26,27,29). The van der Waals surface area contributed by atoms with E-state index in [4.69, 9.17) is 5.14 Å². The molecule has 0 radical (unpaired) electrons. The van der Waals surface area contributed by atoms with E-state index in [0.717, 1.165) is 57.2 Å². The van der Waals surface area contributed by atoms with Crippen LogP contribution in [0.4, 0.5) is 14.9 Å². The van der Waals surface area contributed by atoms with Crippen LogP contribution in [0.25, 0.3) is 0 Å². The van der Waals surface area contributed by atoms with E-state index in [1.54, 1.807) is 12.1 Å². The predicted molar refractivity (Wildman–Crippen MR) is 121 cm³/mol. The second-order valence-corrected chi connectivity index (χ2v) is 10.4. The lowest BCUT2D eigenvalue weighted by Crippen LogP contribution is -2.61. The maximum absolute atomic E-state index is 13.2. The molecule has 1 saturated carbocycles. The van der Waals surface area contributed by atoms with Gasteiger partial charge < -0.3 is 10.6 Å². The highest BCUT2D eigenvalue weighted by atomic mass is 32.2. The van der Waals surface area contributed by atoms with Crippen LogP contribution in [-0.2, 0) is 16.4 Å². The van der Waals surface area contributed by atoms with Crippen molar-refractivity contribution in [1.82, 2.24) is 10.2 Å². The number of carbonyl (C=O) groups excluding carboxylic acids is 1. The van der Waals surface area contributed by atoms with Crippen LogP contribution in [0.1, 0.15) is 37.7 Å². The summed E-state index contributed by atoms with van der Waals surface area (Å²) in [7, 11) is -3.84. The van der Waals surface area contributed by atoms with Crippen molar-refractivity contribution in [3.05, 3.63) is 59.9 Å². The van der Waals surface area contributed by atoms with E-state index < -0.39 is 10.0 Å². The summed E-state index contributed by atoms with van der Waals surface area (Å²) in [6, 6.07) is 12.6. The Bertz CT molecular complexity index is 1070. The van der Waals surface area contributed by atoms with Crippen LogP contribution in [0, 0.1) is 5.82 Å². The average molecular weight is 461 g/mol. The SMILES string of the molecule is NS(=O)(=O)c1cccc(NC(=O)NC2(CN3CCCC3Cc3ccc(F)cc3)CCC2)c1. The maximum Gasteiger partial charge on any atom is 0.319 e. The molecule has 0 aromatic heterocycles. The molecular weight excluding hydrogens is 431 g/mol. The number of urea groups is 1. The van der Waals surface area contributed by atoms with Gasteiger partial charge in [-0.25, -0.2) is 22.7 Å². The fourth-order valence-electron chi connectivity index (χ4n) is 4.70. The van der Waals surface area contributed by atoms with Gasteiger partial charge in [-0.3, -0.25) is 4.90 Å². The quantitative estimate of drug-likeness (QED) is 0.590. The number of rotatable bonds is 7. The van der Waals surface area contributed by atoms with Crippen LogP contribution in [0.15, 0.2) is 53.4 Å². The first-order chi connectivity index (χ1) is 15.2. The lowest BCUT2D eigenvalue weighted by molar-refractivity contribution is 0.109. The van der Waals surface area contributed by atoms with Crippen LogP contribution >= 0.6 is 0 Å². The molecule has 1 heterocycles. The van der Waals surface area contributed by atoms with Gasteiger partial charge in [0.1, 0.15) is 5.82 Å². The molecule has 172 valence electrons. The Hall–Kier alpha value is -2.49. The Morgan fingerprint density at radius 1 is 1.16 bits per heavy atom. The van der Waals surface area contributed by atoms with E-state index in [9.17, 15) is 17.6 Å². The molecule has 1 aliphatic carbocycles. The lowest BCUT2D eigenvalue weighted by Gasteiger charge is -2.46. The van der Waals surface area contributed by atoms with E-state index in [1.807, 2.05) is 12.1 Å². The van der Waals surface area contributed by atoms with Gasteiger partial charge in [0.2, 0.25) is 10.0 Å². The molecule has 2 fully saturated rings. The Labute approximate surface area is 188 Å². The number of nitrogens with zero attached hydrogens (tertiary/aromatic N) is 1. The summed E-state index contributed by atoms with van der Waals surface area (Å²) >= 11 is 0. The molecule has 2 aliphatic rings. The third-order valence-electron chi connectivity index (χ3n) is 6.50. The third kappa shape index (κ3) is 5.46. The van der Waals surface area contributed by atoms with Crippen molar-refractivity contribution in [2.45, 2.75) is 55.0 Å². The van der Waals surface area contributed by atoms with Crippen LogP contribution in [0.5, 0.6) is 0 Å². The number of anilines is 1. The fourth-order valence-corrected chi connectivity index (χ4v) is 5.26. The number of nitrogens with two attached hydrogens (primary N) is 1. The van der Waals surface area contributed by atoms with Crippen molar-refractivity contribution >= 4 is 21.7 Å². The zero-order valence-electron chi connectivity index (χ0n) is 17.9. The number of hydrogen-bond donors (Lipinski definition) is 3. The molecule has 1 aliphatic heterocycles. The smallest absolute Gasteiger partial charge is 0.319 e. The molecule has 9 heteroatoms. The highest BCUT2D eigenvalue weighted by molar-refractivity contribution is 7.89. The largest absolute Gasteiger partial charge is 0.331 e. The minimum absolute atomic E-state index is 0.0469. The molecule has 0 spiro atoms. The van der Waals surface area contributed by atoms with Gasteiger partial charge in [0, 0.05) is 18.3 Å². The summed E-state index contributed by atoms with van der Waals surface area (Å²) in [4.78, 5) is 15.1. The Morgan fingerprint density at radius 3 is 2.56 bits per heavy atom. The van der Waals surface area contributed by atoms with Gasteiger partial charge >= 0.3 is 6.03 Å². The molecule has 1 atom stereocenters. The number of likely N-dealkylation sites (tertiary alicyclic amines) is 1. The van der Waals surface area contributed by atoms with Crippen LogP contribution in [0.2, 0.25) is 0 Å². The van der Waals surface area contributed by atoms with Gasteiger partial charge in [0.05, 0.1) is 10.4 Å². The second kappa shape index (κ2) is 9.17. The molecule has 4 N–H and O–H groups in total. The Kier molecular flexibility index (Phi) is 6.50. The maximum atomic E-state index is 13.2. The monoisotopic (exact) mass is 460 g/mol. The minimum Gasteiger partial charge on any atom is -0.331 e. The van der Waals surface area contributed by atoms with Gasteiger partial charge in [0.15, 0.2) is 0 Å². The zero-order chi connectivity index (χ0) is 22.8. The number of benzene rings is 2. The summed E-state index contributed by atoms with van der Waals surface area (Å²) < 4.78 is 36.3. The van der Waals surface area contributed by atoms with E-state index in [0.29, 0.717) is 11.7 Å². The molecule has 32 heavy (non-hydrogen) atoms. The average Bonchev–Trinajstić information content (AvgIpc) is 3.14. The molecule has 7 nitrogen and oxygen atoms in total. The van der Waals surface area contributed by atoms with E-state index in [-0.39, 0.29) is 22.3 Å². The Morgan fingerprint density at radius 2 is 1.91 bits per heavy atom. The van der Waals surface area contributed by atoms with E-state index in [2.05, 4.69) is 15.5 Å². The minimum atomic E-state index is -3.84. The molecule has 2 aromatic carbocycles. The predicted octanol–water partition coefficient (Wildman–Crippen LogP) is 3.22. The first-order valence-electron chi connectivity index (χ1n) is 10.9. The molecule has 1 saturated heterocycles. The molecule has 2 aromatic rings. The topological polar surface area (TPSA) is 105 Å². The fraction of sp³-hybridized carbons (Fsp3) is 0.435. The number of hydrogen-bond acceptors (Lipinski definition) is 4. The molecule has 4 rings (SSSR count). The number of halogens is 1. The first kappa shape index (κ1) is 22.7. The van der Waals surface area contributed by atoms with Crippen molar-refractivity contribution in [3.63, 3.8) is 0 Å². The van der Waals surface area contributed by atoms with Crippen molar-refractivity contribution < 1.29 is 17.6 Å². The summed E-state index contributed by atoms with van der Waals surface area (Å²) in [6.07, 6.45) is 5.91. The van der Waals surface area contributed by atoms with Crippen molar-refractivity contribution in [3.8, 4) is 0 Å². The van der Waals surface area contributed by atoms with Crippen LogP contribution < -0.4 is 15.8 Å². The van der Waals surface area contributed by atoms with Crippen LogP contribution in [-0.4, -0.2) is 44.0 Å². The number of primary sulfonamides is 1. The molecule has 0 bridgehead atoms. The van der Waals surface area contributed by atoms with Gasteiger partial charge in [-0.05, 0) is 81.0 Å². The van der Waals surface area contributed by atoms with Crippen molar-refractivity contribution in [2.75, 3.05) is 18.4 Å². The van der Waals surface area contributed by atoms with Gasteiger partial charge in [-0.2, -0.15) is 0 Å². The van der Waals surface area contributed by atoms with Crippen LogP contribution in [0.3, 0.4) is 0 Å². The Balaban J connectivity index is 1.38.